The second kappa shape index (κ2) is 3.57. The lowest BCUT2D eigenvalue weighted by atomic mass is 10.3. The topological polar surface area (TPSA) is 56.0 Å². The molecule has 1 rings (SSSR count). The molecule has 1 amide bonds. The Balaban J connectivity index is 2.84. The molecule has 0 spiro atoms. The Kier molecular flexibility index (Phi) is 2.69. The smallest absolute Gasteiger partial charge is 0.260 e. The van der Waals surface area contributed by atoms with Crippen molar-refractivity contribution in [2.45, 2.75) is 12.8 Å². The predicted octanol–water partition coefficient (Wildman–Crippen LogP) is 1.05. The van der Waals surface area contributed by atoms with E-state index in [2.05, 4.69) is 4.98 Å². The number of halogens is 2. The molecule has 0 bridgehead atoms. The van der Waals surface area contributed by atoms with Gasteiger partial charge in [-0.05, 0) is 0 Å². The van der Waals surface area contributed by atoms with Gasteiger partial charge in [0.25, 0.3) is 5.91 Å². The average Bonchev–Trinajstić information content (AvgIpc) is 2.33. The number of hydrogen-bond donors (Lipinski definition) is 1. The third-order valence-corrected chi connectivity index (χ3v) is 2.10. The summed E-state index contributed by atoms with van der Waals surface area (Å²) in [5.74, 6) is -0.701. The van der Waals surface area contributed by atoms with Crippen LogP contribution < -0.4 is 5.73 Å². The molecule has 0 radical (unpaired) electrons. The van der Waals surface area contributed by atoms with Gasteiger partial charge in [-0.2, -0.15) is 0 Å². The van der Waals surface area contributed by atoms with Gasteiger partial charge in [0.15, 0.2) is 0 Å². The minimum absolute atomic E-state index is 0.0856. The number of hydrogen-bond acceptors (Lipinski definition) is 3. The number of rotatable bonds is 3. The van der Waals surface area contributed by atoms with Crippen LogP contribution in [-0.2, 0) is 6.42 Å². The predicted molar refractivity (Wildman–Crippen MR) is 40.3 cm³/mol. The molecule has 1 aromatic rings. The molecule has 12 heavy (non-hydrogen) atoms. The van der Waals surface area contributed by atoms with Crippen LogP contribution in [0.3, 0.4) is 0 Å². The van der Waals surface area contributed by atoms with Crippen LogP contribution in [0.1, 0.15) is 15.4 Å². The summed E-state index contributed by atoms with van der Waals surface area (Å²) in [5, 5.41) is 0. The lowest BCUT2D eigenvalue weighted by Gasteiger charge is -1.96. The number of carbonyl (C=O) groups excluding carboxylic acids is 1. The van der Waals surface area contributed by atoms with Gasteiger partial charge in [0.2, 0.25) is 6.43 Å². The van der Waals surface area contributed by atoms with Gasteiger partial charge in [0.1, 0.15) is 4.88 Å². The Bertz CT molecular complexity index is 287. The Morgan fingerprint density at radius 2 is 2.42 bits per heavy atom. The summed E-state index contributed by atoms with van der Waals surface area (Å²) in [6.45, 7) is 0. The van der Waals surface area contributed by atoms with Crippen molar-refractivity contribution in [1.29, 1.82) is 0 Å². The van der Waals surface area contributed by atoms with E-state index in [0.29, 0.717) is 0 Å². The van der Waals surface area contributed by atoms with Crippen LogP contribution in [0.2, 0.25) is 0 Å². The molecule has 1 aromatic heterocycles. The highest BCUT2D eigenvalue weighted by molar-refractivity contribution is 7.11. The molecule has 0 saturated carbocycles. The Hall–Kier alpha value is -1.04. The van der Waals surface area contributed by atoms with Crippen LogP contribution in [0, 0.1) is 0 Å². The monoisotopic (exact) mass is 192 g/mol. The van der Waals surface area contributed by atoms with E-state index in [4.69, 9.17) is 5.73 Å². The number of nitrogens with zero attached hydrogens (tertiary/aromatic N) is 1. The molecule has 3 nitrogen and oxygen atoms in total. The van der Waals surface area contributed by atoms with Crippen LogP contribution in [0.5, 0.6) is 0 Å². The van der Waals surface area contributed by atoms with Gasteiger partial charge in [-0.15, -0.1) is 11.3 Å². The van der Waals surface area contributed by atoms with Crippen LogP contribution in [0.15, 0.2) is 5.51 Å². The average molecular weight is 192 g/mol. The number of carbonyl (C=O) groups is 1. The van der Waals surface area contributed by atoms with Gasteiger partial charge >= 0.3 is 0 Å². The van der Waals surface area contributed by atoms with Gasteiger partial charge in [-0.25, -0.2) is 13.8 Å². The van der Waals surface area contributed by atoms with Crippen LogP contribution in [-0.4, -0.2) is 17.3 Å². The van der Waals surface area contributed by atoms with Crippen molar-refractivity contribution in [3.8, 4) is 0 Å². The number of thiazole rings is 1. The number of aromatic nitrogens is 1. The van der Waals surface area contributed by atoms with Crippen molar-refractivity contribution in [3.63, 3.8) is 0 Å². The summed E-state index contributed by atoms with van der Waals surface area (Å²) in [6.07, 6.45) is -3.01. The van der Waals surface area contributed by atoms with Gasteiger partial charge in [-0.3, -0.25) is 4.79 Å². The molecule has 2 N–H and O–H groups in total. The van der Waals surface area contributed by atoms with E-state index in [1.807, 2.05) is 0 Å². The van der Waals surface area contributed by atoms with Crippen molar-refractivity contribution in [2.75, 3.05) is 0 Å². The maximum atomic E-state index is 11.9. The molecule has 0 aromatic carbocycles. The first-order chi connectivity index (χ1) is 5.61. The molecular formula is C6H6F2N2OS. The van der Waals surface area contributed by atoms with Crippen molar-refractivity contribution in [1.82, 2.24) is 4.98 Å². The van der Waals surface area contributed by atoms with E-state index in [0.717, 1.165) is 11.3 Å². The molecule has 0 atom stereocenters. The lowest BCUT2D eigenvalue weighted by Crippen LogP contribution is -2.12. The molecule has 0 fully saturated rings. The minimum atomic E-state index is -2.50. The first-order valence-corrected chi connectivity index (χ1v) is 3.99. The summed E-state index contributed by atoms with van der Waals surface area (Å²) >= 11 is 0.981. The zero-order chi connectivity index (χ0) is 9.14. The highest BCUT2D eigenvalue weighted by Crippen LogP contribution is 2.15. The molecule has 0 unspecified atom stereocenters. The minimum Gasteiger partial charge on any atom is -0.365 e. The molecule has 0 aliphatic heterocycles. The molecule has 6 heteroatoms. The second-order valence-corrected chi connectivity index (χ2v) is 2.94. The van der Waals surface area contributed by atoms with E-state index in [1.54, 1.807) is 0 Å². The summed E-state index contributed by atoms with van der Waals surface area (Å²) in [5.41, 5.74) is 6.34. The van der Waals surface area contributed by atoms with E-state index in [1.165, 1.54) is 5.51 Å². The van der Waals surface area contributed by atoms with Gasteiger partial charge in [0, 0.05) is 0 Å². The van der Waals surface area contributed by atoms with Crippen molar-refractivity contribution >= 4 is 17.2 Å². The zero-order valence-electron chi connectivity index (χ0n) is 5.96. The fourth-order valence-electron chi connectivity index (χ4n) is 0.761. The zero-order valence-corrected chi connectivity index (χ0v) is 6.78. The van der Waals surface area contributed by atoms with Crippen LogP contribution in [0.4, 0.5) is 8.78 Å². The quantitative estimate of drug-likeness (QED) is 0.778. The number of nitrogens with two attached hydrogens (primary N) is 1. The highest BCUT2D eigenvalue weighted by Gasteiger charge is 2.15. The standard InChI is InChI=1S/C6H6F2N2OS/c7-4(8)1-3-5(6(9)11)12-2-10-3/h2,4H,1H2,(H2,9,11). The number of alkyl halides is 2. The van der Waals surface area contributed by atoms with Crippen molar-refractivity contribution in [3.05, 3.63) is 16.1 Å². The summed E-state index contributed by atoms with van der Waals surface area (Å²) in [6, 6.07) is 0. The Morgan fingerprint density at radius 1 is 1.75 bits per heavy atom. The molecule has 0 aliphatic rings. The van der Waals surface area contributed by atoms with Crippen molar-refractivity contribution < 1.29 is 13.6 Å². The number of primary amides is 1. The molecule has 0 saturated heterocycles. The maximum absolute atomic E-state index is 11.9. The van der Waals surface area contributed by atoms with E-state index in [-0.39, 0.29) is 10.6 Å². The van der Waals surface area contributed by atoms with Crippen LogP contribution in [0.25, 0.3) is 0 Å². The molecule has 66 valence electrons. The summed E-state index contributed by atoms with van der Waals surface area (Å²) in [7, 11) is 0. The first kappa shape index (κ1) is 9.05. The first-order valence-electron chi connectivity index (χ1n) is 3.11. The molecule has 1 heterocycles. The fourth-order valence-corrected chi connectivity index (χ4v) is 1.43. The largest absolute Gasteiger partial charge is 0.365 e. The number of amides is 1. The second-order valence-electron chi connectivity index (χ2n) is 2.09. The van der Waals surface area contributed by atoms with E-state index >= 15 is 0 Å². The van der Waals surface area contributed by atoms with E-state index in [9.17, 15) is 13.6 Å². The summed E-state index contributed by atoms with van der Waals surface area (Å²) < 4.78 is 23.7. The molecular weight excluding hydrogens is 186 g/mol. The maximum Gasteiger partial charge on any atom is 0.260 e. The van der Waals surface area contributed by atoms with Crippen LogP contribution >= 0.6 is 11.3 Å². The highest BCUT2D eigenvalue weighted by atomic mass is 32.1. The third kappa shape index (κ3) is 1.97. The van der Waals surface area contributed by atoms with Gasteiger partial charge in [-0.1, -0.05) is 0 Å². The normalized spacial score (nSPS) is 10.6. The Morgan fingerprint density at radius 3 is 2.92 bits per heavy atom. The van der Waals surface area contributed by atoms with Gasteiger partial charge < -0.3 is 5.73 Å². The SMILES string of the molecule is NC(=O)c1scnc1CC(F)F. The van der Waals surface area contributed by atoms with E-state index < -0.39 is 18.8 Å². The third-order valence-electron chi connectivity index (χ3n) is 1.21. The summed E-state index contributed by atoms with van der Waals surface area (Å²) in [4.78, 5) is 14.3. The van der Waals surface area contributed by atoms with Gasteiger partial charge in [0.05, 0.1) is 17.6 Å². The lowest BCUT2D eigenvalue weighted by molar-refractivity contribution is 0.100. The Labute approximate surface area is 71.2 Å². The fraction of sp³-hybridized carbons (Fsp3) is 0.333. The molecule has 0 aliphatic carbocycles. The van der Waals surface area contributed by atoms with Crippen molar-refractivity contribution in [2.24, 2.45) is 5.73 Å².